The summed E-state index contributed by atoms with van der Waals surface area (Å²) in [6.45, 7) is 0. The summed E-state index contributed by atoms with van der Waals surface area (Å²) in [7, 11) is 0. The van der Waals surface area contributed by atoms with Gasteiger partial charge in [-0.05, 0) is 36.4 Å². The minimum absolute atomic E-state index is 0.0892. The number of carbonyl (C=O) groups is 1. The number of hydrogen-bond donors (Lipinski definition) is 0. The molecule has 0 unspecified atom stereocenters. The Labute approximate surface area is 180 Å². The van der Waals surface area contributed by atoms with Crippen LogP contribution in [0.3, 0.4) is 0 Å². The first kappa shape index (κ1) is 20.0. The standard InChI is InChI=1S/C22H10F3NO5S/c23-22(24,25)19-17(20-26-13-4-1-2-6-16(13)32-20)18(27)12-8-7-11(10-15(12)31-19)30-21(28)14-5-3-9-29-14/h1-10H. The van der Waals surface area contributed by atoms with Crippen LogP contribution >= 0.6 is 11.3 Å². The molecule has 0 fully saturated rings. The van der Waals surface area contributed by atoms with Gasteiger partial charge in [0.2, 0.25) is 16.9 Å². The van der Waals surface area contributed by atoms with E-state index in [0.717, 1.165) is 17.4 Å². The highest BCUT2D eigenvalue weighted by Crippen LogP contribution is 2.40. The zero-order chi connectivity index (χ0) is 22.5. The van der Waals surface area contributed by atoms with Crippen LogP contribution in [-0.2, 0) is 6.18 Å². The number of furan rings is 1. The van der Waals surface area contributed by atoms with Crippen molar-refractivity contribution in [2.45, 2.75) is 6.18 Å². The Morgan fingerprint density at radius 2 is 1.88 bits per heavy atom. The number of carbonyl (C=O) groups excluding carboxylic acids is 1. The van der Waals surface area contributed by atoms with E-state index in [-0.39, 0.29) is 27.5 Å². The van der Waals surface area contributed by atoms with Crippen molar-refractivity contribution in [1.29, 1.82) is 0 Å². The smallest absolute Gasteiger partial charge is 0.450 e. The fraction of sp³-hybridized carbons (Fsp3) is 0.0455. The number of thiazole rings is 1. The van der Waals surface area contributed by atoms with E-state index >= 15 is 0 Å². The summed E-state index contributed by atoms with van der Waals surface area (Å²) in [5, 5.41) is -0.201. The van der Waals surface area contributed by atoms with Crippen molar-refractivity contribution < 1.29 is 31.5 Å². The normalized spacial score (nSPS) is 11.8. The van der Waals surface area contributed by atoms with Crippen molar-refractivity contribution in [3.63, 3.8) is 0 Å². The second-order valence-corrected chi connectivity index (χ2v) is 7.68. The van der Waals surface area contributed by atoms with Crippen LogP contribution in [0.5, 0.6) is 5.75 Å². The number of hydrogen-bond acceptors (Lipinski definition) is 7. The summed E-state index contributed by atoms with van der Waals surface area (Å²) in [5.41, 5.74) is -1.45. The van der Waals surface area contributed by atoms with E-state index in [1.807, 2.05) is 0 Å². The van der Waals surface area contributed by atoms with Crippen LogP contribution in [0.2, 0.25) is 0 Å². The molecule has 0 spiro atoms. The number of alkyl halides is 3. The molecular weight excluding hydrogens is 447 g/mol. The Hall–Kier alpha value is -3.92. The Balaban J connectivity index is 1.67. The van der Waals surface area contributed by atoms with Gasteiger partial charge in [-0.25, -0.2) is 9.78 Å². The molecule has 5 aromatic rings. The molecule has 3 heterocycles. The van der Waals surface area contributed by atoms with Crippen LogP contribution in [-0.4, -0.2) is 11.0 Å². The number of benzene rings is 2. The fourth-order valence-electron chi connectivity index (χ4n) is 3.16. The number of esters is 1. The third-order valence-corrected chi connectivity index (χ3v) is 5.62. The first-order chi connectivity index (χ1) is 15.3. The molecule has 0 saturated carbocycles. The van der Waals surface area contributed by atoms with Gasteiger partial charge in [-0.3, -0.25) is 4.79 Å². The second kappa shape index (κ2) is 7.34. The van der Waals surface area contributed by atoms with Gasteiger partial charge in [0.05, 0.1) is 21.9 Å². The Morgan fingerprint density at radius 3 is 2.59 bits per heavy atom. The maximum Gasteiger partial charge on any atom is 0.450 e. The second-order valence-electron chi connectivity index (χ2n) is 6.64. The number of nitrogens with zero attached hydrogens (tertiary/aromatic N) is 1. The predicted molar refractivity (Wildman–Crippen MR) is 110 cm³/mol. The number of aromatic nitrogens is 1. The van der Waals surface area contributed by atoms with Crippen LogP contribution in [0, 0.1) is 0 Å². The summed E-state index contributed by atoms with van der Waals surface area (Å²) >= 11 is 0.963. The number of para-hydroxylation sites is 1. The zero-order valence-electron chi connectivity index (χ0n) is 15.8. The van der Waals surface area contributed by atoms with Crippen molar-refractivity contribution in [1.82, 2.24) is 4.98 Å². The maximum absolute atomic E-state index is 13.8. The van der Waals surface area contributed by atoms with Gasteiger partial charge >= 0.3 is 12.1 Å². The molecule has 3 aromatic heterocycles. The third-order valence-electron chi connectivity index (χ3n) is 4.56. The lowest BCUT2D eigenvalue weighted by Gasteiger charge is -2.11. The van der Waals surface area contributed by atoms with E-state index in [0.29, 0.717) is 10.2 Å². The average Bonchev–Trinajstić information content (AvgIpc) is 3.42. The zero-order valence-corrected chi connectivity index (χ0v) is 16.6. The molecule has 5 rings (SSSR count). The quantitative estimate of drug-likeness (QED) is 0.248. The van der Waals surface area contributed by atoms with Crippen LogP contribution in [0.15, 0.2) is 74.5 Å². The highest BCUT2D eigenvalue weighted by atomic mass is 32.1. The van der Waals surface area contributed by atoms with Gasteiger partial charge in [0.25, 0.3) is 0 Å². The maximum atomic E-state index is 13.8. The SMILES string of the molecule is O=C(Oc1ccc2c(=O)c(-c3nc4ccccc4s3)c(C(F)(F)F)oc2c1)c1ccco1. The Bertz CT molecular complexity index is 1500. The van der Waals surface area contributed by atoms with Gasteiger partial charge < -0.3 is 13.6 Å². The van der Waals surface area contributed by atoms with Gasteiger partial charge in [0.1, 0.15) is 21.9 Å². The minimum atomic E-state index is -4.96. The molecule has 0 aliphatic carbocycles. The minimum Gasteiger partial charge on any atom is -0.457 e. The van der Waals surface area contributed by atoms with E-state index in [4.69, 9.17) is 13.6 Å². The number of fused-ring (bicyclic) bond motifs is 2. The lowest BCUT2D eigenvalue weighted by Crippen LogP contribution is -2.16. The van der Waals surface area contributed by atoms with E-state index in [1.54, 1.807) is 24.3 Å². The predicted octanol–water partition coefficient (Wildman–Crippen LogP) is 5.90. The molecule has 160 valence electrons. The van der Waals surface area contributed by atoms with Gasteiger partial charge in [-0.2, -0.15) is 13.2 Å². The molecule has 0 amide bonds. The first-order valence-corrected chi connectivity index (χ1v) is 9.92. The lowest BCUT2D eigenvalue weighted by molar-refractivity contribution is -0.152. The number of halogens is 3. The van der Waals surface area contributed by atoms with Crippen molar-refractivity contribution in [3.05, 3.63) is 82.6 Å². The molecule has 0 atom stereocenters. The molecule has 0 bridgehead atoms. The Kier molecular flexibility index (Phi) is 4.59. The van der Waals surface area contributed by atoms with Crippen LogP contribution in [0.25, 0.3) is 31.8 Å². The summed E-state index contributed by atoms with van der Waals surface area (Å²) in [5.74, 6) is -2.51. The van der Waals surface area contributed by atoms with E-state index in [2.05, 4.69) is 4.98 Å². The highest BCUT2D eigenvalue weighted by molar-refractivity contribution is 7.21. The van der Waals surface area contributed by atoms with E-state index in [9.17, 15) is 22.8 Å². The molecule has 10 heteroatoms. The van der Waals surface area contributed by atoms with Gasteiger partial charge in [0, 0.05) is 6.07 Å². The molecule has 0 aliphatic heterocycles. The lowest BCUT2D eigenvalue weighted by atomic mass is 10.1. The monoisotopic (exact) mass is 457 g/mol. The summed E-state index contributed by atoms with van der Waals surface area (Å²) in [6, 6.07) is 13.2. The molecule has 0 N–H and O–H groups in total. The molecule has 0 radical (unpaired) electrons. The van der Waals surface area contributed by atoms with E-state index < -0.39 is 28.9 Å². The van der Waals surface area contributed by atoms with Gasteiger partial charge in [-0.15, -0.1) is 11.3 Å². The third kappa shape index (κ3) is 3.44. The molecule has 0 aliphatic rings. The summed E-state index contributed by atoms with van der Waals surface area (Å²) in [6.07, 6.45) is -3.68. The van der Waals surface area contributed by atoms with Crippen molar-refractivity contribution in [2.75, 3.05) is 0 Å². The average molecular weight is 457 g/mol. The largest absolute Gasteiger partial charge is 0.457 e. The number of ether oxygens (including phenoxy) is 1. The van der Waals surface area contributed by atoms with Crippen LogP contribution in [0.4, 0.5) is 13.2 Å². The molecular formula is C22H10F3NO5S. The van der Waals surface area contributed by atoms with Crippen molar-refractivity contribution >= 4 is 38.5 Å². The topological polar surface area (TPSA) is 82.5 Å². The Morgan fingerprint density at radius 1 is 1.06 bits per heavy atom. The fourth-order valence-corrected chi connectivity index (χ4v) is 4.17. The molecule has 32 heavy (non-hydrogen) atoms. The summed E-state index contributed by atoms with van der Waals surface area (Å²) in [4.78, 5) is 29.3. The molecule has 0 saturated heterocycles. The van der Waals surface area contributed by atoms with Gasteiger partial charge in [0.15, 0.2) is 0 Å². The number of rotatable bonds is 3. The first-order valence-electron chi connectivity index (χ1n) is 9.11. The van der Waals surface area contributed by atoms with Crippen molar-refractivity contribution in [3.8, 4) is 16.3 Å². The van der Waals surface area contributed by atoms with Crippen LogP contribution in [0.1, 0.15) is 16.3 Å². The van der Waals surface area contributed by atoms with Gasteiger partial charge in [-0.1, -0.05) is 12.1 Å². The van der Waals surface area contributed by atoms with Crippen molar-refractivity contribution in [2.24, 2.45) is 0 Å². The van der Waals surface area contributed by atoms with E-state index in [1.165, 1.54) is 30.5 Å². The highest BCUT2D eigenvalue weighted by Gasteiger charge is 2.40. The summed E-state index contributed by atoms with van der Waals surface area (Å²) < 4.78 is 57.3. The molecule has 2 aromatic carbocycles. The van der Waals surface area contributed by atoms with Crippen LogP contribution < -0.4 is 10.2 Å². The molecule has 6 nitrogen and oxygen atoms in total.